The smallest absolute Gasteiger partial charge is 0.200 e. The minimum Gasteiger partial charge on any atom is -0.255 e. The highest BCUT2D eigenvalue weighted by Crippen LogP contribution is 2.29. The molecule has 0 amide bonds. The van der Waals surface area contributed by atoms with E-state index in [1.807, 2.05) is 0 Å². The van der Waals surface area contributed by atoms with Crippen molar-refractivity contribution in [2.45, 2.75) is 6.92 Å². The molecule has 20 heavy (non-hydrogen) atoms. The van der Waals surface area contributed by atoms with E-state index in [9.17, 15) is 22.0 Å². The molecule has 7 heteroatoms. The molecule has 0 aliphatic carbocycles. The van der Waals surface area contributed by atoms with Crippen molar-refractivity contribution in [1.82, 2.24) is 4.98 Å². The Bertz CT molecular complexity index is 654. The van der Waals surface area contributed by atoms with Crippen molar-refractivity contribution in [1.29, 1.82) is 0 Å². The molecule has 0 spiro atoms. The highest BCUT2D eigenvalue weighted by molar-refractivity contribution is 5.98. The SMILES string of the molecule is CC(=Nc1c(F)c(F)c(F)c(F)c1F)c1ccccn1. The third-order valence-electron chi connectivity index (χ3n) is 2.50. The molecule has 2 aromatic rings. The van der Waals surface area contributed by atoms with Gasteiger partial charge in [-0.3, -0.25) is 4.98 Å². The fourth-order valence-corrected chi connectivity index (χ4v) is 1.49. The van der Waals surface area contributed by atoms with E-state index in [1.165, 1.54) is 19.2 Å². The van der Waals surface area contributed by atoms with Gasteiger partial charge in [-0.15, -0.1) is 0 Å². The Morgan fingerprint density at radius 3 is 1.95 bits per heavy atom. The van der Waals surface area contributed by atoms with Crippen molar-refractivity contribution < 1.29 is 22.0 Å². The van der Waals surface area contributed by atoms with Crippen molar-refractivity contribution in [3.63, 3.8) is 0 Å². The highest BCUT2D eigenvalue weighted by Gasteiger charge is 2.25. The molecule has 0 fully saturated rings. The van der Waals surface area contributed by atoms with Gasteiger partial charge >= 0.3 is 0 Å². The van der Waals surface area contributed by atoms with E-state index in [4.69, 9.17) is 0 Å². The van der Waals surface area contributed by atoms with Crippen molar-refractivity contribution >= 4 is 11.4 Å². The van der Waals surface area contributed by atoms with Gasteiger partial charge in [0.15, 0.2) is 23.3 Å². The lowest BCUT2D eigenvalue weighted by atomic mass is 10.2. The van der Waals surface area contributed by atoms with Gasteiger partial charge in [0.25, 0.3) is 0 Å². The van der Waals surface area contributed by atoms with Gasteiger partial charge in [0.05, 0.1) is 11.4 Å². The summed E-state index contributed by atoms with van der Waals surface area (Å²) in [5, 5.41) is 0. The van der Waals surface area contributed by atoms with Crippen LogP contribution in [0.25, 0.3) is 0 Å². The second-order valence-corrected chi connectivity index (χ2v) is 3.83. The summed E-state index contributed by atoms with van der Waals surface area (Å²) in [6.45, 7) is 1.35. The van der Waals surface area contributed by atoms with Crippen LogP contribution in [0.4, 0.5) is 27.6 Å². The van der Waals surface area contributed by atoms with Crippen LogP contribution in [0, 0.1) is 29.1 Å². The lowest BCUT2D eigenvalue weighted by Gasteiger charge is -2.05. The zero-order chi connectivity index (χ0) is 14.9. The zero-order valence-electron chi connectivity index (χ0n) is 10.1. The second-order valence-electron chi connectivity index (χ2n) is 3.83. The first kappa shape index (κ1) is 14.1. The minimum atomic E-state index is -2.21. The molecule has 1 aromatic carbocycles. The third-order valence-corrected chi connectivity index (χ3v) is 2.50. The number of hydrogen-bond acceptors (Lipinski definition) is 2. The van der Waals surface area contributed by atoms with Crippen molar-refractivity contribution in [2.75, 3.05) is 0 Å². The Balaban J connectivity index is 2.60. The number of aromatic nitrogens is 1. The van der Waals surface area contributed by atoms with E-state index < -0.39 is 34.8 Å². The molecule has 104 valence electrons. The van der Waals surface area contributed by atoms with Gasteiger partial charge in [0, 0.05) is 6.20 Å². The Kier molecular flexibility index (Phi) is 3.78. The molecule has 1 aromatic heterocycles. The predicted octanol–water partition coefficient (Wildman–Crippen LogP) is 3.92. The molecule has 1 heterocycles. The summed E-state index contributed by atoms with van der Waals surface area (Å²) in [7, 11) is 0. The first-order chi connectivity index (χ1) is 9.43. The van der Waals surface area contributed by atoms with Crippen LogP contribution in [0.3, 0.4) is 0 Å². The van der Waals surface area contributed by atoms with E-state index >= 15 is 0 Å². The summed E-state index contributed by atoms with van der Waals surface area (Å²) in [6.07, 6.45) is 1.41. The second kappa shape index (κ2) is 5.36. The molecule has 2 nitrogen and oxygen atoms in total. The van der Waals surface area contributed by atoms with Crippen molar-refractivity contribution in [3.05, 3.63) is 59.2 Å². The summed E-state index contributed by atoms with van der Waals surface area (Å²) < 4.78 is 65.7. The number of hydrogen-bond donors (Lipinski definition) is 0. The molecule has 0 bridgehead atoms. The van der Waals surface area contributed by atoms with E-state index in [-0.39, 0.29) is 11.4 Å². The van der Waals surface area contributed by atoms with Crippen LogP contribution in [0.2, 0.25) is 0 Å². The molecule has 0 saturated heterocycles. The number of halogens is 5. The van der Waals surface area contributed by atoms with Gasteiger partial charge in [0.2, 0.25) is 5.82 Å². The van der Waals surface area contributed by atoms with Gasteiger partial charge in [-0.2, -0.15) is 0 Å². The number of pyridine rings is 1. The summed E-state index contributed by atoms with van der Waals surface area (Å²) in [6, 6.07) is 4.69. The quantitative estimate of drug-likeness (QED) is 0.355. The van der Waals surface area contributed by atoms with Crippen molar-refractivity contribution in [2.24, 2.45) is 4.99 Å². The molecular weight excluding hydrogens is 279 g/mol. The van der Waals surface area contributed by atoms with E-state index in [2.05, 4.69) is 9.98 Å². The van der Waals surface area contributed by atoms with Gasteiger partial charge in [0.1, 0.15) is 5.69 Å². The molecule has 2 rings (SSSR count). The van der Waals surface area contributed by atoms with Crippen LogP contribution in [0.1, 0.15) is 12.6 Å². The zero-order valence-corrected chi connectivity index (χ0v) is 10.1. The molecule has 0 saturated carbocycles. The van der Waals surface area contributed by atoms with Crippen LogP contribution >= 0.6 is 0 Å². The monoisotopic (exact) mass is 286 g/mol. The van der Waals surface area contributed by atoms with Gasteiger partial charge in [-0.1, -0.05) is 6.07 Å². The van der Waals surface area contributed by atoms with Gasteiger partial charge in [-0.25, -0.2) is 26.9 Å². The van der Waals surface area contributed by atoms with E-state index in [0.29, 0.717) is 0 Å². The van der Waals surface area contributed by atoms with Crippen LogP contribution in [0.15, 0.2) is 29.4 Å². The maximum atomic E-state index is 13.4. The summed E-state index contributed by atoms with van der Waals surface area (Å²) in [5.41, 5.74) is -0.949. The van der Waals surface area contributed by atoms with Gasteiger partial charge in [-0.05, 0) is 19.1 Å². The fourth-order valence-electron chi connectivity index (χ4n) is 1.49. The fraction of sp³-hybridized carbons (Fsp3) is 0.0769. The lowest BCUT2D eigenvalue weighted by molar-refractivity contribution is 0.381. The van der Waals surface area contributed by atoms with E-state index in [1.54, 1.807) is 12.1 Å². The predicted molar refractivity (Wildman–Crippen MR) is 62.3 cm³/mol. The minimum absolute atomic E-state index is 0.0220. The topological polar surface area (TPSA) is 25.2 Å². The first-order valence-corrected chi connectivity index (χ1v) is 5.41. The van der Waals surface area contributed by atoms with Crippen molar-refractivity contribution in [3.8, 4) is 0 Å². The average molecular weight is 286 g/mol. The highest BCUT2D eigenvalue weighted by atomic mass is 19.2. The Morgan fingerprint density at radius 2 is 1.45 bits per heavy atom. The molecule has 0 atom stereocenters. The Hall–Kier alpha value is -2.31. The Labute approximate surface area is 110 Å². The largest absolute Gasteiger partial charge is 0.255 e. The molecule has 0 radical (unpaired) electrons. The number of aliphatic imine (C=N–C) groups is 1. The maximum Gasteiger partial charge on any atom is 0.200 e. The van der Waals surface area contributed by atoms with Crippen LogP contribution in [-0.2, 0) is 0 Å². The third kappa shape index (κ3) is 2.38. The van der Waals surface area contributed by atoms with Gasteiger partial charge < -0.3 is 0 Å². The lowest BCUT2D eigenvalue weighted by Crippen LogP contribution is -2.03. The summed E-state index contributed by atoms with van der Waals surface area (Å²) in [4.78, 5) is 7.31. The maximum absolute atomic E-state index is 13.4. The summed E-state index contributed by atoms with van der Waals surface area (Å²) >= 11 is 0. The molecule has 0 aliphatic heterocycles. The normalized spacial score (nSPS) is 11.8. The molecule has 0 unspecified atom stereocenters. The number of rotatable bonds is 2. The standard InChI is InChI=1S/C13H7F5N2/c1-6(7-4-2-3-5-19-7)20-13-11(17)9(15)8(14)10(16)12(13)18/h2-5H,1H3. The Morgan fingerprint density at radius 1 is 0.900 bits per heavy atom. The van der Waals surface area contributed by atoms with Crippen LogP contribution in [0.5, 0.6) is 0 Å². The molecule has 0 aliphatic rings. The number of nitrogens with zero attached hydrogens (tertiary/aromatic N) is 2. The number of benzene rings is 1. The average Bonchev–Trinajstić information content (AvgIpc) is 2.48. The summed E-state index contributed by atoms with van der Waals surface area (Å²) in [5.74, 6) is -10.2. The first-order valence-electron chi connectivity index (χ1n) is 5.41. The van der Waals surface area contributed by atoms with Crippen LogP contribution in [-0.4, -0.2) is 10.7 Å². The molecular formula is C13H7F5N2. The van der Waals surface area contributed by atoms with Crippen LogP contribution < -0.4 is 0 Å². The van der Waals surface area contributed by atoms with E-state index in [0.717, 1.165) is 0 Å². The molecule has 0 N–H and O–H groups in total.